The Morgan fingerprint density at radius 2 is 1.65 bits per heavy atom. The van der Waals surface area contributed by atoms with Gasteiger partial charge >= 0.3 is 6.03 Å². The van der Waals surface area contributed by atoms with Crippen molar-refractivity contribution in [3.63, 3.8) is 0 Å². The van der Waals surface area contributed by atoms with Crippen molar-refractivity contribution in [3.8, 4) is 0 Å². The second kappa shape index (κ2) is 11.6. The first kappa shape index (κ1) is 25.7. The summed E-state index contributed by atoms with van der Waals surface area (Å²) in [5.74, 6) is -0.510. The molecule has 0 bridgehead atoms. The first-order chi connectivity index (χ1) is 18.1. The van der Waals surface area contributed by atoms with Gasteiger partial charge in [-0.05, 0) is 67.7 Å². The van der Waals surface area contributed by atoms with Crippen LogP contribution in [0.25, 0.3) is 0 Å². The molecule has 3 aromatic carbocycles. The van der Waals surface area contributed by atoms with Gasteiger partial charge in [0.15, 0.2) is 0 Å². The van der Waals surface area contributed by atoms with Crippen LogP contribution in [-0.4, -0.2) is 48.8 Å². The van der Waals surface area contributed by atoms with Crippen LogP contribution >= 0.6 is 11.6 Å². The normalized spacial score (nSPS) is 19.6. The van der Waals surface area contributed by atoms with Crippen molar-refractivity contribution in [1.29, 1.82) is 0 Å². The van der Waals surface area contributed by atoms with Gasteiger partial charge < -0.3 is 10.2 Å². The average Bonchev–Trinajstić information content (AvgIpc) is 3.44. The summed E-state index contributed by atoms with van der Waals surface area (Å²) in [5.41, 5.74) is 3.42. The summed E-state index contributed by atoms with van der Waals surface area (Å²) in [6.07, 6.45) is 2.92. The summed E-state index contributed by atoms with van der Waals surface area (Å²) in [7, 11) is 0. The molecule has 1 unspecified atom stereocenters. The van der Waals surface area contributed by atoms with Gasteiger partial charge in [-0.3, -0.25) is 0 Å². The Bertz CT molecular complexity index is 1150. The first-order valence-electron chi connectivity index (χ1n) is 12.7. The van der Waals surface area contributed by atoms with Gasteiger partial charge in [0.25, 0.3) is 0 Å². The van der Waals surface area contributed by atoms with E-state index in [4.69, 9.17) is 21.5 Å². The van der Waals surface area contributed by atoms with Crippen molar-refractivity contribution in [1.82, 2.24) is 15.3 Å². The number of nitrogens with zero attached hydrogens (tertiary/aromatic N) is 2. The molecule has 1 N–H and O–H groups in total. The summed E-state index contributed by atoms with van der Waals surface area (Å²) >= 11 is 5.90. The van der Waals surface area contributed by atoms with Crippen LogP contribution in [0.3, 0.4) is 0 Å². The summed E-state index contributed by atoms with van der Waals surface area (Å²) in [6, 6.07) is 25.1. The molecule has 0 aromatic heterocycles. The fourth-order valence-electron chi connectivity index (χ4n) is 5.39. The number of benzene rings is 3. The van der Waals surface area contributed by atoms with Gasteiger partial charge in [-0.25, -0.2) is 14.1 Å². The molecule has 8 heteroatoms. The molecule has 2 saturated heterocycles. The highest BCUT2D eigenvalue weighted by Crippen LogP contribution is 2.41. The van der Waals surface area contributed by atoms with Gasteiger partial charge in [0.1, 0.15) is 18.5 Å². The van der Waals surface area contributed by atoms with E-state index < -0.39 is 17.9 Å². The van der Waals surface area contributed by atoms with Crippen LogP contribution in [-0.2, 0) is 15.3 Å². The summed E-state index contributed by atoms with van der Waals surface area (Å²) < 4.78 is 13.5. The highest BCUT2D eigenvalue weighted by Gasteiger charge is 2.38. The van der Waals surface area contributed by atoms with Crippen molar-refractivity contribution in [2.75, 3.05) is 32.8 Å². The minimum Gasteiger partial charge on any atom is -0.336 e. The molecule has 6 nitrogen and oxygen atoms in total. The molecule has 0 spiro atoms. The molecule has 2 aliphatic heterocycles. The topological polar surface area (TPSA) is 54.0 Å². The summed E-state index contributed by atoms with van der Waals surface area (Å²) in [4.78, 5) is 25.3. The SMILES string of the molecule is O=C(NCCCN1CCC(c2ccccc2)(c2ccccc2)CC1)N1OOCC1c1ccc(F)c(Cl)c1. The lowest BCUT2D eigenvalue weighted by Gasteiger charge is -2.43. The van der Waals surface area contributed by atoms with Gasteiger partial charge in [0.05, 0.1) is 5.02 Å². The number of carbonyl (C=O) groups is 1. The van der Waals surface area contributed by atoms with E-state index in [9.17, 15) is 9.18 Å². The molecule has 0 saturated carbocycles. The van der Waals surface area contributed by atoms with Crippen molar-refractivity contribution in [3.05, 3.63) is 106 Å². The lowest BCUT2D eigenvalue weighted by molar-refractivity contribution is -0.352. The zero-order chi connectivity index (χ0) is 25.7. The number of hydrogen-bond donors (Lipinski definition) is 1. The van der Waals surface area contributed by atoms with Crippen molar-refractivity contribution in [2.24, 2.45) is 0 Å². The molecule has 2 amide bonds. The Morgan fingerprint density at radius 3 is 2.27 bits per heavy atom. The van der Waals surface area contributed by atoms with Gasteiger partial charge in [0, 0.05) is 12.0 Å². The third kappa shape index (κ3) is 5.65. The fraction of sp³-hybridized carbons (Fsp3) is 0.345. The summed E-state index contributed by atoms with van der Waals surface area (Å²) in [6.45, 7) is 3.54. The molecular formula is C29H31ClFN3O3. The Labute approximate surface area is 221 Å². The predicted octanol–water partition coefficient (Wildman–Crippen LogP) is 5.88. The maximum atomic E-state index is 13.5. The Kier molecular flexibility index (Phi) is 8.05. The Morgan fingerprint density at radius 1 is 1.00 bits per heavy atom. The number of urea groups is 1. The van der Waals surface area contributed by atoms with Gasteiger partial charge in [-0.15, -0.1) is 4.99 Å². The second-order valence-corrected chi connectivity index (χ2v) is 10.0. The van der Waals surface area contributed by atoms with E-state index in [0.29, 0.717) is 12.1 Å². The number of carbonyl (C=O) groups excluding carboxylic acids is 1. The maximum Gasteiger partial charge on any atom is 0.344 e. The third-order valence-electron chi connectivity index (χ3n) is 7.46. The quantitative estimate of drug-likeness (QED) is 0.310. The molecule has 5 rings (SSSR count). The van der Waals surface area contributed by atoms with E-state index in [2.05, 4.69) is 70.9 Å². The zero-order valence-corrected chi connectivity index (χ0v) is 21.4. The number of rotatable bonds is 7. The van der Waals surface area contributed by atoms with Crippen molar-refractivity contribution >= 4 is 17.6 Å². The van der Waals surface area contributed by atoms with Crippen molar-refractivity contribution < 1.29 is 19.1 Å². The number of nitrogens with one attached hydrogen (secondary N) is 1. The second-order valence-electron chi connectivity index (χ2n) is 9.62. The van der Waals surface area contributed by atoms with Crippen LogP contribution in [0.4, 0.5) is 9.18 Å². The standard InChI is InChI=1S/C29H31ClFN3O3/c30-25-20-22(12-13-26(25)31)27-21-36-37-34(27)28(35)32-16-7-17-33-18-14-29(15-19-33,23-8-3-1-4-9-23)24-10-5-2-6-11-24/h1-6,8-13,20,27H,7,14-19,21H2,(H,32,35). The molecule has 0 radical (unpaired) electrons. The minimum atomic E-state index is -0.510. The van der Waals surface area contributed by atoms with Crippen LogP contribution < -0.4 is 5.32 Å². The number of hydrogen-bond acceptors (Lipinski definition) is 4. The lowest BCUT2D eigenvalue weighted by atomic mass is 9.68. The average molecular weight is 524 g/mol. The summed E-state index contributed by atoms with van der Waals surface area (Å²) in [5, 5.41) is 4.04. The first-order valence-corrected chi connectivity index (χ1v) is 13.1. The molecule has 194 valence electrons. The van der Waals surface area contributed by atoms with Crippen molar-refractivity contribution in [2.45, 2.75) is 30.7 Å². The predicted molar refractivity (Wildman–Crippen MR) is 140 cm³/mol. The molecule has 2 fully saturated rings. The number of likely N-dealkylation sites (tertiary alicyclic amines) is 1. The van der Waals surface area contributed by atoms with Crippen LogP contribution in [0.2, 0.25) is 5.02 Å². The maximum absolute atomic E-state index is 13.5. The van der Waals surface area contributed by atoms with E-state index in [1.54, 1.807) is 6.07 Å². The largest absolute Gasteiger partial charge is 0.344 e. The van der Waals surface area contributed by atoms with E-state index in [0.717, 1.165) is 44.0 Å². The van der Waals surface area contributed by atoms with E-state index >= 15 is 0 Å². The van der Waals surface area contributed by atoms with Crippen LogP contribution in [0, 0.1) is 5.82 Å². The fourth-order valence-corrected chi connectivity index (χ4v) is 5.58. The molecule has 2 heterocycles. The molecule has 37 heavy (non-hydrogen) atoms. The molecule has 1 atom stereocenters. The monoisotopic (exact) mass is 523 g/mol. The van der Waals surface area contributed by atoms with E-state index in [-0.39, 0.29) is 17.0 Å². The van der Waals surface area contributed by atoms with Crippen LogP contribution in [0.1, 0.15) is 42.0 Å². The van der Waals surface area contributed by atoms with Crippen LogP contribution in [0.15, 0.2) is 78.9 Å². The molecular weight excluding hydrogens is 493 g/mol. The Balaban J connectivity index is 1.12. The third-order valence-corrected chi connectivity index (χ3v) is 7.75. The number of halogens is 2. The molecule has 0 aliphatic carbocycles. The number of hydroxylamine groups is 2. The van der Waals surface area contributed by atoms with E-state index in [1.807, 2.05) is 0 Å². The lowest BCUT2D eigenvalue weighted by Crippen LogP contribution is -2.44. The number of piperidine rings is 1. The highest BCUT2D eigenvalue weighted by molar-refractivity contribution is 6.30. The van der Waals surface area contributed by atoms with Gasteiger partial charge in [-0.2, -0.15) is 5.06 Å². The smallest absolute Gasteiger partial charge is 0.336 e. The van der Waals surface area contributed by atoms with Gasteiger partial charge in [-0.1, -0.05) is 78.3 Å². The van der Waals surface area contributed by atoms with Crippen LogP contribution in [0.5, 0.6) is 0 Å². The van der Waals surface area contributed by atoms with Gasteiger partial charge in [0.2, 0.25) is 0 Å². The molecule has 2 aliphatic rings. The molecule has 3 aromatic rings. The zero-order valence-electron chi connectivity index (χ0n) is 20.6. The highest BCUT2D eigenvalue weighted by atomic mass is 35.5. The number of amides is 2. The minimum absolute atomic E-state index is 0.00478. The Hall–Kier alpha value is -2.97. The van der Waals surface area contributed by atoms with E-state index in [1.165, 1.54) is 23.3 Å².